The lowest BCUT2D eigenvalue weighted by Crippen LogP contribution is -2.50. The Balaban J connectivity index is 2.58. The molecule has 0 aromatic heterocycles. The van der Waals surface area contributed by atoms with Gasteiger partial charge < -0.3 is 10.2 Å². The zero-order chi connectivity index (χ0) is 13.1. The molecule has 0 aliphatic carbocycles. The number of carboxylic acids is 1. The van der Waals surface area contributed by atoms with E-state index < -0.39 is 28.8 Å². The van der Waals surface area contributed by atoms with Crippen LogP contribution in [0.25, 0.3) is 0 Å². The molecule has 7 nitrogen and oxygen atoms in total. The van der Waals surface area contributed by atoms with Gasteiger partial charge in [-0.25, -0.2) is 4.79 Å². The first-order valence-corrected chi connectivity index (χ1v) is 6.96. The van der Waals surface area contributed by atoms with Gasteiger partial charge in [0.25, 0.3) is 10.2 Å². The highest BCUT2D eigenvalue weighted by Crippen LogP contribution is 2.18. The lowest BCUT2D eigenvalue weighted by molar-refractivity contribution is -0.146. The lowest BCUT2D eigenvalue weighted by Gasteiger charge is -2.32. The smallest absolute Gasteiger partial charge is 0.333 e. The van der Waals surface area contributed by atoms with E-state index >= 15 is 0 Å². The second kappa shape index (κ2) is 5.76. The molecule has 0 radical (unpaired) electrons. The Morgan fingerprint density at radius 2 is 2.18 bits per heavy atom. The van der Waals surface area contributed by atoms with Gasteiger partial charge in [0, 0.05) is 19.1 Å². The van der Waals surface area contributed by atoms with E-state index in [0.29, 0.717) is 6.54 Å². The Labute approximate surface area is 101 Å². The molecule has 1 fully saturated rings. The highest BCUT2D eigenvalue weighted by molar-refractivity contribution is 7.87. The molecule has 3 N–H and O–H groups in total. The SMILES string of the molecule is CC1CCCCN1S(=O)(=O)NCC(O)C(=O)O. The number of hydrogen-bond donors (Lipinski definition) is 3. The third-order valence-corrected chi connectivity index (χ3v) is 4.49. The third kappa shape index (κ3) is 3.91. The molecule has 2 unspecified atom stereocenters. The Morgan fingerprint density at radius 1 is 1.53 bits per heavy atom. The van der Waals surface area contributed by atoms with Crippen LogP contribution in [0.4, 0.5) is 0 Å². The van der Waals surface area contributed by atoms with E-state index in [0.717, 1.165) is 19.3 Å². The van der Waals surface area contributed by atoms with Crippen molar-refractivity contribution in [3.8, 4) is 0 Å². The normalized spacial score (nSPS) is 24.5. The minimum atomic E-state index is -3.70. The van der Waals surface area contributed by atoms with E-state index in [1.165, 1.54) is 4.31 Å². The van der Waals surface area contributed by atoms with E-state index in [9.17, 15) is 13.2 Å². The average Bonchev–Trinajstić information content (AvgIpc) is 2.26. The highest BCUT2D eigenvalue weighted by atomic mass is 32.2. The predicted octanol–water partition coefficient (Wildman–Crippen LogP) is -0.859. The first-order valence-electron chi connectivity index (χ1n) is 5.52. The van der Waals surface area contributed by atoms with Gasteiger partial charge in [-0.05, 0) is 19.8 Å². The van der Waals surface area contributed by atoms with E-state index in [1.54, 1.807) is 0 Å². The van der Waals surface area contributed by atoms with E-state index in [-0.39, 0.29) is 6.04 Å². The van der Waals surface area contributed by atoms with Crippen molar-refractivity contribution < 1.29 is 23.4 Å². The van der Waals surface area contributed by atoms with Gasteiger partial charge in [-0.15, -0.1) is 0 Å². The maximum absolute atomic E-state index is 11.8. The van der Waals surface area contributed by atoms with Gasteiger partial charge in [0.1, 0.15) is 0 Å². The summed E-state index contributed by atoms with van der Waals surface area (Å²) < 4.78 is 27.1. The summed E-state index contributed by atoms with van der Waals surface area (Å²) >= 11 is 0. The fraction of sp³-hybridized carbons (Fsp3) is 0.889. The molecular formula is C9H18N2O5S. The van der Waals surface area contributed by atoms with E-state index in [2.05, 4.69) is 4.72 Å². The molecule has 0 saturated carbocycles. The fourth-order valence-electron chi connectivity index (χ4n) is 1.78. The number of aliphatic carboxylic acids is 1. The first kappa shape index (κ1) is 14.4. The average molecular weight is 266 g/mol. The molecule has 0 aromatic carbocycles. The zero-order valence-corrected chi connectivity index (χ0v) is 10.5. The summed E-state index contributed by atoms with van der Waals surface area (Å²) in [5, 5.41) is 17.5. The van der Waals surface area contributed by atoms with Crippen LogP contribution in [0, 0.1) is 0 Å². The second-order valence-electron chi connectivity index (χ2n) is 4.16. The van der Waals surface area contributed by atoms with Crippen LogP contribution >= 0.6 is 0 Å². The Morgan fingerprint density at radius 3 is 2.71 bits per heavy atom. The Hall–Kier alpha value is -0.700. The van der Waals surface area contributed by atoms with Gasteiger partial charge in [-0.3, -0.25) is 0 Å². The molecule has 1 aliphatic rings. The molecule has 1 aliphatic heterocycles. The minimum Gasteiger partial charge on any atom is -0.479 e. The quantitative estimate of drug-likeness (QED) is 0.600. The van der Waals surface area contributed by atoms with Crippen molar-refractivity contribution in [1.29, 1.82) is 0 Å². The summed E-state index contributed by atoms with van der Waals surface area (Å²) in [5.74, 6) is -1.45. The Kier molecular flexibility index (Phi) is 4.87. The summed E-state index contributed by atoms with van der Waals surface area (Å²) in [7, 11) is -3.70. The topological polar surface area (TPSA) is 107 Å². The number of rotatable bonds is 5. The van der Waals surface area contributed by atoms with Crippen molar-refractivity contribution in [3.05, 3.63) is 0 Å². The molecule has 1 saturated heterocycles. The molecule has 0 spiro atoms. The Bertz CT molecular complexity index is 370. The van der Waals surface area contributed by atoms with Crippen LogP contribution in [-0.4, -0.2) is 54.1 Å². The molecule has 0 aromatic rings. The van der Waals surface area contributed by atoms with Crippen LogP contribution in [0.15, 0.2) is 0 Å². The maximum atomic E-state index is 11.8. The molecule has 1 rings (SSSR count). The van der Waals surface area contributed by atoms with Gasteiger partial charge >= 0.3 is 5.97 Å². The lowest BCUT2D eigenvalue weighted by atomic mass is 10.1. The second-order valence-corrected chi connectivity index (χ2v) is 5.87. The maximum Gasteiger partial charge on any atom is 0.333 e. The van der Waals surface area contributed by atoms with Crippen LogP contribution in [0.1, 0.15) is 26.2 Å². The number of nitrogens with one attached hydrogen (secondary N) is 1. The van der Waals surface area contributed by atoms with Crippen LogP contribution in [0.3, 0.4) is 0 Å². The number of nitrogens with zero attached hydrogens (tertiary/aromatic N) is 1. The predicted molar refractivity (Wildman–Crippen MR) is 60.6 cm³/mol. The van der Waals surface area contributed by atoms with Gasteiger partial charge in [0.05, 0.1) is 0 Å². The van der Waals surface area contributed by atoms with Gasteiger partial charge in [-0.2, -0.15) is 17.4 Å². The number of aliphatic hydroxyl groups excluding tert-OH is 1. The van der Waals surface area contributed by atoms with Crippen LogP contribution in [0.5, 0.6) is 0 Å². The number of carboxylic acid groups (broad SMARTS) is 1. The van der Waals surface area contributed by atoms with Gasteiger partial charge in [-0.1, -0.05) is 6.42 Å². The molecule has 0 amide bonds. The van der Waals surface area contributed by atoms with Crippen molar-refractivity contribution in [3.63, 3.8) is 0 Å². The number of aliphatic hydroxyl groups is 1. The minimum absolute atomic E-state index is 0.0942. The van der Waals surface area contributed by atoms with Gasteiger partial charge in [0.15, 0.2) is 6.10 Å². The van der Waals surface area contributed by atoms with Crippen LogP contribution in [-0.2, 0) is 15.0 Å². The summed E-state index contributed by atoms with van der Waals surface area (Å²) in [6, 6.07) is -0.0942. The van der Waals surface area contributed by atoms with Gasteiger partial charge in [0.2, 0.25) is 0 Å². The molecular weight excluding hydrogens is 248 g/mol. The van der Waals surface area contributed by atoms with Crippen molar-refractivity contribution in [1.82, 2.24) is 9.03 Å². The number of carbonyl (C=O) groups is 1. The standard InChI is InChI=1S/C9H18N2O5S/c1-7-4-2-3-5-11(7)17(15,16)10-6-8(12)9(13)14/h7-8,10,12H,2-6H2,1H3,(H,13,14). The van der Waals surface area contributed by atoms with Crippen molar-refractivity contribution in [2.45, 2.75) is 38.3 Å². The largest absolute Gasteiger partial charge is 0.479 e. The molecule has 2 atom stereocenters. The van der Waals surface area contributed by atoms with Crippen molar-refractivity contribution >= 4 is 16.2 Å². The summed E-state index contributed by atoms with van der Waals surface area (Å²) in [6.45, 7) is 1.73. The summed E-state index contributed by atoms with van der Waals surface area (Å²) in [6.07, 6.45) is 0.866. The fourth-order valence-corrected chi connectivity index (χ4v) is 3.27. The number of piperidine rings is 1. The molecule has 0 bridgehead atoms. The zero-order valence-electron chi connectivity index (χ0n) is 9.66. The highest BCUT2D eigenvalue weighted by Gasteiger charge is 2.30. The van der Waals surface area contributed by atoms with E-state index in [1.807, 2.05) is 6.92 Å². The molecule has 1 heterocycles. The van der Waals surface area contributed by atoms with Crippen LogP contribution in [0.2, 0.25) is 0 Å². The summed E-state index contributed by atoms with van der Waals surface area (Å²) in [5.41, 5.74) is 0. The first-order chi connectivity index (χ1) is 7.84. The van der Waals surface area contributed by atoms with E-state index in [4.69, 9.17) is 10.2 Å². The monoisotopic (exact) mass is 266 g/mol. The molecule has 8 heteroatoms. The molecule has 100 valence electrons. The third-order valence-electron chi connectivity index (χ3n) is 2.79. The molecule has 17 heavy (non-hydrogen) atoms. The van der Waals surface area contributed by atoms with Crippen LogP contribution < -0.4 is 4.72 Å². The number of hydrogen-bond acceptors (Lipinski definition) is 4. The van der Waals surface area contributed by atoms with Crippen molar-refractivity contribution in [2.24, 2.45) is 0 Å². The van der Waals surface area contributed by atoms with Crippen molar-refractivity contribution in [2.75, 3.05) is 13.1 Å². The summed E-state index contributed by atoms with van der Waals surface area (Å²) in [4.78, 5) is 10.4.